The number of rotatable bonds is 3. The van der Waals surface area contributed by atoms with Crippen LogP contribution in [0.2, 0.25) is 4.34 Å². The summed E-state index contributed by atoms with van der Waals surface area (Å²) in [5.41, 5.74) is 0. The molecule has 0 spiro atoms. The van der Waals surface area contributed by atoms with E-state index in [9.17, 15) is 0 Å². The second-order valence-corrected chi connectivity index (χ2v) is 5.91. The second-order valence-electron chi connectivity index (χ2n) is 3.76. The fraction of sp³-hybridized carbons (Fsp3) is 0.500. The predicted molar refractivity (Wildman–Crippen MR) is 69.6 cm³/mol. The minimum atomic E-state index is 0.223. The summed E-state index contributed by atoms with van der Waals surface area (Å²) in [7, 11) is 0. The maximum absolute atomic E-state index is 5.88. The highest BCUT2D eigenvalue weighted by Gasteiger charge is 2.22. The Kier molecular flexibility index (Phi) is 3.49. The van der Waals surface area contributed by atoms with Crippen molar-refractivity contribution in [1.29, 1.82) is 0 Å². The molecule has 1 unspecified atom stereocenters. The van der Waals surface area contributed by atoms with E-state index in [1.54, 1.807) is 11.3 Å². The molecule has 82 valence electrons. The van der Waals surface area contributed by atoms with Crippen LogP contribution in [0.15, 0.2) is 12.1 Å². The molecular formula is C10H13ClN2S2. The number of hydrogen-bond donors (Lipinski definition) is 2. The molecule has 1 aromatic rings. The van der Waals surface area contributed by atoms with Crippen LogP contribution in [0.3, 0.4) is 0 Å². The van der Waals surface area contributed by atoms with Gasteiger partial charge in [-0.15, -0.1) is 11.3 Å². The normalized spacial score (nSPS) is 17.2. The Hall–Kier alpha value is -0.320. The van der Waals surface area contributed by atoms with Crippen LogP contribution in [0.4, 0.5) is 0 Å². The number of hydrogen-bond acceptors (Lipinski definition) is 2. The summed E-state index contributed by atoms with van der Waals surface area (Å²) < 4.78 is 0.819. The first kappa shape index (κ1) is 11.2. The van der Waals surface area contributed by atoms with Crippen LogP contribution in [0.1, 0.15) is 30.7 Å². The summed E-state index contributed by atoms with van der Waals surface area (Å²) in [4.78, 5) is 1.21. The highest BCUT2D eigenvalue weighted by Crippen LogP contribution is 2.26. The zero-order valence-electron chi connectivity index (χ0n) is 8.42. The van der Waals surface area contributed by atoms with Crippen molar-refractivity contribution in [3.05, 3.63) is 21.3 Å². The summed E-state index contributed by atoms with van der Waals surface area (Å²) in [5.74, 6) is 0. The van der Waals surface area contributed by atoms with E-state index in [1.807, 2.05) is 12.1 Å². The summed E-state index contributed by atoms with van der Waals surface area (Å²) in [5, 5.41) is 7.25. The van der Waals surface area contributed by atoms with Crippen LogP contribution in [0.5, 0.6) is 0 Å². The molecular weight excluding hydrogens is 248 g/mol. The van der Waals surface area contributed by atoms with Gasteiger partial charge < -0.3 is 10.6 Å². The largest absolute Gasteiger partial charge is 0.360 e. The van der Waals surface area contributed by atoms with Gasteiger partial charge in [0.2, 0.25) is 0 Å². The number of thiophene rings is 1. The Morgan fingerprint density at radius 1 is 1.60 bits per heavy atom. The van der Waals surface area contributed by atoms with Gasteiger partial charge >= 0.3 is 0 Å². The molecule has 2 N–H and O–H groups in total. The van der Waals surface area contributed by atoms with Crippen LogP contribution in [-0.4, -0.2) is 11.2 Å². The van der Waals surface area contributed by atoms with Gasteiger partial charge in [0.15, 0.2) is 5.11 Å². The molecule has 0 aromatic carbocycles. The third kappa shape index (κ3) is 3.33. The van der Waals surface area contributed by atoms with Crippen molar-refractivity contribution < 1.29 is 0 Å². The van der Waals surface area contributed by atoms with Gasteiger partial charge in [0.05, 0.1) is 10.4 Å². The quantitative estimate of drug-likeness (QED) is 0.817. The van der Waals surface area contributed by atoms with Crippen molar-refractivity contribution in [1.82, 2.24) is 10.6 Å². The molecule has 0 amide bonds. The van der Waals surface area contributed by atoms with E-state index in [4.69, 9.17) is 23.8 Å². The van der Waals surface area contributed by atoms with Gasteiger partial charge in [-0.2, -0.15) is 0 Å². The van der Waals surface area contributed by atoms with Crippen molar-refractivity contribution in [3.8, 4) is 0 Å². The van der Waals surface area contributed by atoms with E-state index in [1.165, 1.54) is 17.7 Å². The zero-order chi connectivity index (χ0) is 10.8. The highest BCUT2D eigenvalue weighted by molar-refractivity contribution is 7.80. The molecule has 0 aliphatic heterocycles. The third-order valence-corrected chi connectivity index (χ3v) is 3.93. The van der Waals surface area contributed by atoms with Crippen molar-refractivity contribution in [3.63, 3.8) is 0 Å². The van der Waals surface area contributed by atoms with Crippen LogP contribution < -0.4 is 10.6 Å². The number of nitrogens with one attached hydrogen (secondary N) is 2. The molecule has 1 fully saturated rings. The molecule has 0 radical (unpaired) electrons. The van der Waals surface area contributed by atoms with Gasteiger partial charge in [-0.05, 0) is 44.1 Å². The minimum absolute atomic E-state index is 0.223. The molecule has 1 atom stereocenters. The standard InChI is InChI=1S/C10H13ClN2S2/c1-6(8-4-5-9(11)15-8)12-10(14)13-7-2-3-7/h4-7H,2-3H2,1H3,(H2,12,13,14). The van der Waals surface area contributed by atoms with E-state index in [-0.39, 0.29) is 6.04 Å². The van der Waals surface area contributed by atoms with Gasteiger partial charge in [0.1, 0.15) is 0 Å². The molecule has 5 heteroatoms. The summed E-state index contributed by atoms with van der Waals surface area (Å²) in [6.07, 6.45) is 2.47. The Balaban J connectivity index is 1.85. The summed E-state index contributed by atoms with van der Waals surface area (Å²) >= 11 is 12.7. The Morgan fingerprint density at radius 2 is 2.33 bits per heavy atom. The van der Waals surface area contributed by atoms with Crippen molar-refractivity contribution in [2.45, 2.75) is 31.8 Å². The first-order chi connectivity index (χ1) is 7.15. The Labute approximate surface area is 104 Å². The van der Waals surface area contributed by atoms with E-state index < -0.39 is 0 Å². The number of halogens is 1. The fourth-order valence-corrected chi connectivity index (χ4v) is 2.69. The lowest BCUT2D eigenvalue weighted by atomic mass is 10.3. The average molecular weight is 261 g/mol. The van der Waals surface area contributed by atoms with Gasteiger partial charge in [-0.3, -0.25) is 0 Å². The molecule has 1 aliphatic rings. The smallest absolute Gasteiger partial charge is 0.167 e. The van der Waals surface area contributed by atoms with Gasteiger partial charge in [0.25, 0.3) is 0 Å². The van der Waals surface area contributed by atoms with Crippen molar-refractivity contribution in [2.75, 3.05) is 0 Å². The fourth-order valence-electron chi connectivity index (χ4n) is 1.28. The third-order valence-electron chi connectivity index (χ3n) is 2.28. The Morgan fingerprint density at radius 3 is 2.87 bits per heavy atom. The first-order valence-corrected chi connectivity index (χ1v) is 6.57. The average Bonchev–Trinajstić information content (AvgIpc) is 2.85. The molecule has 0 bridgehead atoms. The molecule has 1 heterocycles. The second kappa shape index (κ2) is 4.68. The van der Waals surface area contributed by atoms with Crippen molar-refractivity contribution >= 4 is 40.3 Å². The molecule has 2 rings (SSSR count). The van der Waals surface area contributed by atoms with Crippen molar-refractivity contribution in [2.24, 2.45) is 0 Å². The molecule has 1 aliphatic carbocycles. The monoisotopic (exact) mass is 260 g/mol. The summed E-state index contributed by atoms with van der Waals surface area (Å²) in [6, 6.07) is 4.77. The van der Waals surface area contributed by atoms with Crippen LogP contribution in [0.25, 0.3) is 0 Å². The lowest BCUT2D eigenvalue weighted by Gasteiger charge is -2.15. The van der Waals surface area contributed by atoms with Gasteiger partial charge in [-0.25, -0.2) is 0 Å². The minimum Gasteiger partial charge on any atom is -0.360 e. The highest BCUT2D eigenvalue weighted by atomic mass is 35.5. The number of thiocarbonyl (C=S) groups is 1. The molecule has 1 aromatic heterocycles. The topological polar surface area (TPSA) is 24.1 Å². The van der Waals surface area contributed by atoms with E-state index in [0.29, 0.717) is 6.04 Å². The maximum atomic E-state index is 5.88. The van der Waals surface area contributed by atoms with Gasteiger partial charge in [0, 0.05) is 10.9 Å². The molecule has 2 nitrogen and oxygen atoms in total. The Bertz CT molecular complexity index is 360. The molecule has 15 heavy (non-hydrogen) atoms. The molecule has 1 saturated carbocycles. The summed E-state index contributed by atoms with van der Waals surface area (Å²) in [6.45, 7) is 2.09. The van der Waals surface area contributed by atoms with Crippen LogP contribution in [0, 0.1) is 0 Å². The van der Waals surface area contributed by atoms with E-state index in [0.717, 1.165) is 9.45 Å². The van der Waals surface area contributed by atoms with E-state index in [2.05, 4.69) is 17.6 Å². The molecule has 0 saturated heterocycles. The predicted octanol–water partition coefficient (Wildman–Crippen LogP) is 3.09. The van der Waals surface area contributed by atoms with Crippen LogP contribution >= 0.6 is 35.2 Å². The van der Waals surface area contributed by atoms with E-state index >= 15 is 0 Å². The first-order valence-electron chi connectivity index (χ1n) is 4.97. The SMILES string of the molecule is CC(NC(=S)NC1CC1)c1ccc(Cl)s1. The lowest BCUT2D eigenvalue weighted by molar-refractivity contribution is 0.709. The van der Waals surface area contributed by atoms with Gasteiger partial charge in [-0.1, -0.05) is 11.6 Å². The lowest BCUT2D eigenvalue weighted by Crippen LogP contribution is -2.37. The maximum Gasteiger partial charge on any atom is 0.167 e. The van der Waals surface area contributed by atoms with Crippen LogP contribution in [-0.2, 0) is 0 Å². The zero-order valence-corrected chi connectivity index (χ0v) is 10.8.